The van der Waals surface area contributed by atoms with Crippen LogP contribution in [0, 0.1) is 5.92 Å². The average Bonchev–Trinajstić information content (AvgIpc) is 2.97. The van der Waals surface area contributed by atoms with Crippen molar-refractivity contribution in [1.82, 2.24) is 10.2 Å². The summed E-state index contributed by atoms with van der Waals surface area (Å²) < 4.78 is 6.28. The number of hydrogen-bond acceptors (Lipinski definition) is 3. The lowest BCUT2D eigenvalue weighted by Gasteiger charge is -2.26. The molecule has 0 fully saturated rings. The standard InChI is InChI=1S/C25H37ClN2O2/c1-5-22(16-17-28(6-2)25(29)19(3)4)27-18-20-10-8-7-9-11-24(20)30-23-14-12-21(26)13-15-23/h7-9,11-14,19,22-23,27H,5-6,10,15-18H2,1-4H3. The molecule has 166 valence electrons. The Kier molecular flexibility index (Phi) is 10.5. The van der Waals surface area contributed by atoms with Crippen molar-refractivity contribution < 1.29 is 9.53 Å². The van der Waals surface area contributed by atoms with E-state index in [1.165, 1.54) is 5.57 Å². The third kappa shape index (κ3) is 7.81. The van der Waals surface area contributed by atoms with Crippen LogP contribution in [0.5, 0.6) is 0 Å². The first-order chi connectivity index (χ1) is 14.4. The summed E-state index contributed by atoms with van der Waals surface area (Å²) in [5.74, 6) is 1.22. The van der Waals surface area contributed by atoms with E-state index in [0.29, 0.717) is 6.04 Å². The molecule has 4 nitrogen and oxygen atoms in total. The molecule has 5 heteroatoms. The van der Waals surface area contributed by atoms with E-state index in [4.69, 9.17) is 16.3 Å². The molecule has 0 spiro atoms. The zero-order valence-electron chi connectivity index (χ0n) is 18.9. The molecule has 0 aliphatic heterocycles. The maximum Gasteiger partial charge on any atom is 0.225 e. The van der Waals surface area contributed by atoms with Crippen LogP contribution in [-0.4, -0.2) is 42.6 Å². The number of halogens is 1. The van der Waals surface area contributed by atoms with Gasteiger partial charge in [0.25, 0.3) is 0 Å². The Morgan fingerprint density at radius 1 is 1.30 bits per heavy atom. The van der Waals surface area contributed by atoms with Crippen LogP contribution in [0.3, 0.4) is 0 Å². The highest BCUT2D eigenvalue weighted by atomic mass is 35.5. The van der Waals surface area contributed by atoms with Gasteiger partial charge >= 0.3 is 0 Å². The molecule has 0 aromatic rings. The third-order valence-electron chi connectivity index (χ3n) is 5.53. The summed E-state index contributed by atoms with van der Waals surface area (Å²) in [7, 11) is 0. The molecule has 2 atom stereocenters. The van der Waals surface area contributed by atoms with Crippen LogP contribution in [0.4, 0.5) is 0 Å². The molecule has 0 aromatic heterocycles. The van der Waals surface area contributed by atoms with Crippen molar-refractivity contribution in [2.24, 2.45) is 5.92 Å². The van der Waals surface area contributed by atoms with Crippen LogP contribution in [0.15, 0.2) is 58.9 Å². The predicted molar refractivity (Wildman–Crippen MR) is 126 cm³/mol. The third-order valence-corrected chi connectivity index (χ3v) is 5.81. The van der Waals surface area contributed by atoms with Crippen molar-refractivity contribution in [3.8, 4) is 0 Å². The molecule has 1 amide bonds. The van der Waals surface area contributed by atoms with Gasteiger partial charge in [-0.3, -0.25) is 4.79 Å². The van der Waals surface area contributed by atoms with Gasteiger partial charge in [0.05, 0.1) is 0 Å². The van der Waals surface area contributed by atoms with Gasteiger partial charge in [0.2, 0.25) is 5.91 Å². The van der Waals surface area contributed by atoms with Crippen LogP contribution in [0.2, 0.25) is 0 Å². The smallest absolute Gasteiger partial charge is 0.225 e. The molecule has 0 aromatic carbocycles. The van der Waals surface area contributed by atoms with Gasteiger partial charge in [-0.05, 0) is 50.0 Å². The number of ether oxygens (including phenoxy) is 1. The van der Waals surface area contributed by atoms with Gasteiger partial charge in [0.1, 0.15) is 11.9 Å². The summed E-state index contributed by atoms with van der Waals surface area (Å²) >= 11 is 6.03. The number of nitrogens with zero attached hydrogens (tertiary/aromatic N) is 1. The molecular formula is C25H37ClN2O2. The van der Waals surface area contributed by atoms with Crippen LogP contribution >= 0.6 is 11.6 Å². The van der Waals surface area contributed by atoms with E-state index >= 15 is 0 Å². The number of amides is 1. The molecule has 1 N–H and O–H groups in total. The van der Waals surface area contributed by atoms with E-state index < -0.39 is 0 Å². The quantitative estimate of drug-likeness (QED) is 0.469. The molecule has 0 radical (unpaired) electrons. The van der Waals surface area contributed by atoms with E-state index in [2.05, 4.69) is 37.4 Å². The molecule has 2 aliphatic rings. The minimum Gasteiger partial charge on any atom is -0.486 e. The zero-order valence-corrected chi connectivity index (χ0v) is 19.6. The van der Waals surface area contributed by atoms with Crippen LogP contribution in [0.25, 0.3) is 0 Å². The Bertz CT molecular complexity index is 719. The number of hydrogen-bond donors (Lipinski definition) is 1. The monoisotopic (exact) mass is 432 g/mol. The minimum absolute atomic E-state index is 0.0161. The SMILES string of the molecule is CCC(CCN(CC)C(=O)C(C)C)NCC1=C(OC2C=CC(Cl)=CC2)C=CC=CC1. The van der Waals surface area contributed by atoms with E-state index in [0.717, 1.165) is 56.1 Å². The van der Waals surface area contributed by atoms with Gasteiger partial charge in [0, 0.05) is 43.0 Å². The molecule has 0 saturated heterocycles. The number of allylic oxidation sites excluding steroid dienone is 6. The zero-order chi connectivity index (χ0) is 21.9. The van der Waals surface area contributed by atoms with Crippen LogP contribution in [-0.2, 0) is 9.53 Å². The number of rotatable bonds is 11. The molecule has 2 unspecified atom stereocenters. The van der Waals surface area contributed by atoms with Crippen molar-refractivity contribution in [2.75, 3.05) is 19.6 Å². The fourth-order valence-electron chi connectivity index (χ4n) is 3.58. The summed E-state index contributed by atoms with van der Waals surface area (Å²) in [6, 6.07) is 0.361. The second-order valence-electron chi connectivity index (χ2n) is 8.15. The highest BCUT2D eigenvalue weighted by molar-refractivity contribution is 6.31. The molecular weight excluding hydrogens is 396 g/mol. The van der Waals surface area contributed by atoms with Gasteiger partial charge in [-0.2, -0.15) is 0 Å². The summed E-state index contributed by atoms with van der Waals surface area (Å²) in [6.45, 7) is 10.5. The van der Waals surface area contributed by atoms with Crippen LogP contribution in [0.1, 0.15) is 53.4 Å². The maximum atomic E-state index is 12.3. The first-order valence-electron chi connectivity index (χ1n) is 11.2. The number of carbonyl (C=O) groups excluding carboxylic acids is 1. The first-order valence-corrected chi connectivity index (χ1v) is 11.6. The Hall–Kier alpha value is -1.78. The lowest BCUT2D eigenvalue weighted by atomic mass is 10.1. The van der Waals surface area contributed by atoms with E-state index in [-0.39, 0.29) is 17.9 Å². The topological polar surface area (TPSA) is 41.6 Å². The Labute approximate surface area is 187 Å². The van der Waals surface area contributed by atoms with Gasteiger partial charge in [-0.1, -0.05) is 56.7 Å². The second kappa shape index (κ2) is 12.8. The van der Waals surface area contributed by atoms with Gasteiger partial charge in [-0.25, -0.2) is 0 Å². The molecule has 2 aliphatic carbocycles. The maximum absolute atomic E-state index is 12.3. The van der Waals surface area contributed by atoms with Crippen molar-refractivity contribution in [1.29, 1.82) is 0 Å². The van der Waals surface area contributed by atoms with Gasteiger partial charge < -0.3 is 15.0 Å². The van der Waals surface area contributed by atoms with E-state index in [1.807, 2.05) is 43.1 Å². The molecule has 30 heavy (non-hydrogen) atoms. The highest BCUT2D eigenvalue weighted by Gasteiger charge is 2.18. The van der Waals surface area contributed by atoms with Crippen molar-refractivity contribution in [2.45, 2.75) is 65.5 Å². The van der Waals surface area contributed by atoms with Crippen LogP contribution < -0.4 is 5.32 Å². The summed E-state index contributed by atoms with van der Waals surface area (Å²) in [4.78, 5) is 14.3. The second-order valence-corrected chi connectivity index (χ2v) is 8.58. The molecule has 0 saturated carbocycles. The normalized spacial score (nSPS) is 19.7. The van der Waals surface area contributed by atoms with E-state index in [9.17, 15) is 4.79 Å². The minimum atomic E-state index is 0.0161. The highest BCUT2D eigenvalue weighted by Crippen LogP contribution is 2.23. The first kappa shape index (κ1) is 24.5. The summed E-state index contributed by atoms with van der Waals surface area (Å²) in [5, 5.41) is 4.46. The summed E-state index contributed by atoms with van der Waals surface area (Å²) in [5.41, 5.74) is 1.25. The van der Waals surface area contributed by atoms with Gasteiger partial charge in [0.15, 0.2) is 0 Å². The molecule has 0 bridgehead atoms. The largest absolute Gasteiger partial charge is 0.486 e. The van der Waals surface area contributed by atoms with Gasteiger partial charge in [-0.15, -0.1) is 0 Å². The fourth-order valence-corrected chi connectivity index (χ4v) is 3.74. The molecule has 0 heterocycles. The average molecular weight is 433 g/mol. The summed E-state index contributed by atoms with van der Waals surface area (Å²) in [6.07, 6.45) is 17.9. The Morgan fingerprint density at radius 3 is 2.73 bits per heavy atom. The number of nitrogens with one attached hydrogen (secondary N) is 1. The molecule has 2 rings (SSSR count). The number of carbonyl (C=O) groups is 1. The lowest BCUT2D eigenvalue weighted by molar-refractivity contribution is -0.134. The van der Waals surface area contributed by atoms with E-state index in [1.54, 1.807) is 0 Å². The fraction of sp³-hybridized carbons (Fsp3) is 0.560. The lowest BCUT2D eigenvalue weighted by Crippen LogP contribution is -2.39. The predicted octanol–water partition coefficient (Wildman–Crippen LogP) is 5.49. The van der Waals surface area contributed by atoms with Crippen molar-refractivity contribution in [3.63, 3.8) is 0 Å². The van der Waals surface area contributed by atoms with Crippen molar-refractivity contribution >= 4 is 17.5 Å². The van der Waals surface area contributed by atoms with Crippen molar-refractivity contribution in [3.05, 3.63) is 58.9 Å². The Balaban J connectivity index is 1.95. The Morgan fingerprint density at radius 2 is 2.10 bits per heavy atom.